The number of methoxy groups -OCH3 is 1. The molecule has 0 amide bonds. The van der Waals surface area contributed by atoms with Crippen molar-refractivity contribution >= 4 is 29.9 Å². The number of nitrogens with one attached hydrogen (secondary N) is 2. The van der Waals surface area contributed by atoms with Gasteiger partial charge in [0.15, 0.2) is 17.5 Å². The van der Waals surface area contributed by atoms with E-state index in [9.17, 15) is 8.78 Å². The van der Waals surface area contributed by atoms with E-state index in [1.807, 2.05) is 6.92 Å². The van der Waals surface area contributed by atoms with E-state index < -0.39 is 6.61 Å². The van der Waals surface area contributed by atoms with Crippen molar-refractivity contribution in [3.8, 4) is 23.8 Å². The molecule has 0 bridgehead atoms. The monoisotopic (exact) mass is 439 g/mol. The molecule has 0 saturated heterocycles. The van der Waals surface area contributed by atoms with Crippen LogP contribution in [0, 0.1) is 12.3 Å². The number of terminal acetylenes is 1. The summed E-state index contributed by atoms with van der Waals surface area (Å²) in [6.07, 6.45) is 5.18. The van der Waals surface area contributed by atoms with Crippen LogP contribution in [-0.2, 0) is 6.54 Å². The summed E-state index contributed by atoms with van der Waals surface area (Å²) in [5, 5.41) is 5.96. The molecule has 5 nitrogen and oxygen atoms in total. The number of alkyl halides is 2. The van der Waals surface area contributed by atoms with Crippen molar-refractivity contribution in [3.63, 3.8) is 0 Å². The highest BCUT2D eigenvalue weighted by Crippen LogP contribution is 2.29. The number of benzene rings is 1. The van der Waals surface area contributed by atoms with Crippen LogP contribution < -0.4 is 20.1 Å². The molecule has 0 aliphatic rings. The zero-order valence-corrected chi connectivity index (χ0v) is 15.3. The molecule has 1 rings (SSSR count). The summed E-state index contributed by atoms with van der Waals surface area (Å²) in [6.45, 7) is 0.313. The van der Waals surface area contributed by atoms with Crippen LogP contribution >= 0.6 is 24.0 Å². The second-order valence-corrected chi connectivity index (χ2v) is 4.12. The summed E-state index contributed by atoms with van der Waals surface area (Å²) in [4.78, 5) is 4.31. The summed E-state index contributed by atoms with van der Waals surface area (Å²) < 4.78 is 34.2. The first kappa shape index (κ1) is 21.2. The fourth-order valence-corrected chi connectivity index (χ4v) is 1.65. The SMILES string of the molecule is C#CCNC(=NCc1ccc(OC)c(OC(F)F)c1)NCC.I. The number of hydrogen-bond donors (Lipinski definition) is 2. The fraction of sp³-hybridized carbons (Fsp3) is 0.400. The lowest BCUT2D eigenvalue weighted by Crippen LogP contribution is -2.37. The van der Waals surface area contributed by atoms with E-state index in [4.69, 9.17) is 11.2 Å². The molecule has 0 aliphatic heterocycles. The Bertz CT molecular complexity index is 548. The van der Waals surface area contributed by atoms with Crippen molar-refractivity contribution in [1.29, 1.82) is 0 Å². The maximum atomic E-state index is 12.4. The number of rotatable bonds is 7. The average molecular weight is 439 g/mol. The zero-order chi connectivity index (χ0) is 16.4. The zero-order valence-electron chi connectivity index (χ0n) is 12.9. The quantitative estimate of drug-likeness (QED) is 0.297. The van der Waals surface area contributed by atoms with Crippen molar-refractivity contribution < 1.29 is 18.3 Å². The van der Waals surface area contributed by atoms with Gasteiger partial charge in [-0.1, -0.05) is 12.0 Å². The van der Waals surface area contributed by atoms with Gasteiger partial charge in [0.25, 0.3) is 0 Å². The number of hydrogen-bond acceptors (Lipinski definition) is 3. The van der Waals surface area contributed by atoms with E-state index >= 15 is 0 Å². The van der Waals surface area contributed by atoms with Gasteiger partial charge in [-0.05, 0) is 24.6 Å². The highest BCUT2D eigenvalue weighted by Gasteiger charge is 2.11. The molecule has 23 heavy (non-hydrogen) atoms. The lowest BCUT2D eigenvalue weighted by atomic mass is 10.2. The molecular formula is C15H20F2IN3O2. The van der Waals surface area contributed by atoms with Gasteiger partial charge >= 0.3 is 6.61 Å². The molecule has 0 heterocycles. The third-order valence-electron chi connectivity index (χ3n) is 2.57. The average Bonchev–Trinajstić information content (AvgIpc) is 2.49. The standard InChI is InChI=1S/C15H19F2N3O2.HI/c1-4-8-19-15(18-5-2)20-10-11-6-7-12(21-3)13(9-11)22-14(16)17;/h1,6-7,9,14H,5,8,10H2,2-3H3,(H2,18,19,20);1H. The molecular weight excluding hydrogens is 419 g/mol. The highest BCUT2D eigenvalue weighted by atomic mass is 127. The van der Waals surface area contributed by atoms with Gasteiger partial charge in [-0.2, -0.15) is 8.78 Å². The smallest absolute Gasteiger partial charge is 0.387 e. The molecule has 0 unspecified atom stereocenters. The van der Waals surface area contributed by atoms with Gasteiger partial charge in [-0.15, -0.1) is 30.4 Å². The van der Waals surface area contributed by atoms with Crippen LogP contribution in [0.25, 0.3) is 0 Å². The van der Waals surface area contributed by atoms with Crippen LogP contribution in [-0.4, -0.2) is 32.8 Å². The third-order valence-corrected chi connectivity index (χ3v) is 2.57. The Morgan fingerprint density at radius 1 is 1.35 bits per heavy atom. The highest BCUT2D eigenvalue weighted by molar-refractivity contribution is 14.0. The Morgan fingerprint density at radius 2 is 2.09 bits per heavy atom. The summed E-state index contributed by atoms with van der Waals surface area (Å²) in [5.41, 5.74) is 0.703. The second-order valence-electron chi connectivity index (χ2n) is 4.12. The van der Waals surface area contributed by atoms with Gasteiger partial charge in [0.1, 0.15) is 0 Å². The molecule has 1 aromatic carbocycles. The summed E-state index contributed by atoms with van der Waals surface area (Å²) in [5.74, 6) is 3.22. The van der Waals surface area contributed by atoms with E-state index in [1.165, 1.54) is 13.2 Å². The number of aliphatic imine (C=N–C) groups is 1. The maximum absolute atomic E-state index is 12.4. The predicted molar refractivity (Wildman–Crippen MR) is 96.7 cm³/mol. The molecule has 1 aromatic rings. The minimum atomic E-state index is -2.91. The molecule has 128 valence electrons. The van der Waals surface area contributed by atoms with Crippen LogP contribution in [0.5, 0.6) is 11.5 Å². The minimum absolute atomic E-state index is 0. The van der Waals surface area contributed by atoms with Crippen molar-refractivity contribution in [2.45, 2.75) is 20.1 Å². The summed E-state index contributed by atoms with van der Waals surface area (Å²) in [7, 11) is 1.39. The van der Waals surface area contributed by atoms with Crippen molar-refractivity contribution in [3.05, 3.63) is 23.8 Å². The molecule has 0 aromatic heterocycles. The van der Waals surface area contributed by atoms with Crippen molar-refractivity contribution in [1.82, 2.24) is 10.6 Å². The topological polar surface area (TPSA) is 54.9 Å². The van der Waals surface area contributed by atoms with Gasteiger partial charge in [0, 0.05) is 6.54 Å². The van der Waals surface area contributed by atoms with E-state index in [2.05, 4.69) is 26.3 Å². The number of ether oxygens (including phenoxy) is 2. The van der Waals surface area contributed by atoms with Gasteiger partial charge in [-0.25, -0.2) is 4.99 Å². The van der Waals surface area contributed by atoms with E-state index in [-0.39, 0.29) is 42.0 Å². The van der Waals surface area contributed by atoms with E-state index in [0.29, 0.717) is 24.6 Å². The van der Waals surface area contributed by atoms with Crippen LogP contribution in [0.1, 0.15) is 12.5 Å². The van der Waals surface area contributed by atoms with E-state index in [1.54, 1.807) is 12.1 Å². The molecule has 0 spiro atoms. The molecule has 0 atom stereocenters. The molecule has 0 saturated carbocycles. The number of halogens is 3. The van der Waals surface area contributed by atoms with Gasteiger partial charge < -0.3 is 20.1 Å². The number of guanidine groups is 1. The molecule has 0 aliphatic carbocycles. The van der Waals surface area contributed by atoms with Gasteiger partial charge in [0.05, 0.1) is 20.2 Å². The Kier molecular flexibility index (Phi) is 10.9. The first-order valence-corrected chi connectivity index (χ1v) is 6.68. The van der Waals surface area contributed by atoms with Crippen LogP contribution in [0.4, 0.5) is 8.78 Å². The van der Waals surface area contributed by atoms with Crippen LogP contribution in [0.15, 0.2) is 23.2 Å². The lowest BCUT2D eigenvalue weighted by Gasteiger charge is -2.12. The summed E-state index contributed by atoms with van der Waals surface area (Å²) >= 11 is 0. The van der Waals surface area contributed by atoms with E-state index in [0.717, 1.165) is 0 Å². The Labute approximate surface area is 151 Å². The minimum Gasteiger partial charge on any atom is -0.493 e. The molecule has 8 heteroatoms. The number of nitrogens with zero attached hydrogens (tertiary/aromatic N) is 1. The van der Waals surface area contributed by atoms with Crippen molar-refractivity contribution in [2.24, 2.45) is 4.99 Å². The third kappa shape index (κ3) is 7.88. The van der Waals surface area contributed by atoms with Crippen LogP contribution in [0.2, 0.25) is 0 Å². The lowest BCUT2D eigenvalue weighted by molar-refractivity contribution is -0.0512. The van der Waals surface area contributed by atoms with Crippen LogP contribution in [0.3, 0.4) is 0 Å². The first-order valence-electron chi connectivity index (χ1n) is 6.68. The Hall–Kier alpha value is -1.76. The molecule has 2 N–H and O–H groups in total. The maximum Gasteiger partial charge on any atom is 0.387 e. The normalized spacial score (nSPS) is 10.5. The molecule has 0 radical (unpaired) electrons. The Balaban J connectivity index is 0.00000484. The van der Waals surface area contributed by atoms with Gasteiger partial charge in [-0.3, -0.25) is 0 Å². The fourth-order valence-electron chi connectivity index (χ4n) is 1.65. The Morgan fingerprint density at radius 3 is 2.65 bits per heavy atom. The first-order chi connectivity index (χ1) is 10.6. The molecule has 0 fully saturated rings. The van der Waals surface area contributed by atoms with Gasteiger partial charge in [0.2, 0.25) is 0 Å². The van der Waals surface area contributed by atoms with Crippen molar-refractivity contribution in [2.75, 3.05) is 20.2 Å². The predicted octanol–water partition coefficient (Wildman–Crippen LogP) is 2.60. The second kappa shape index (κ2) is 11.8. The summed E-state index contributed by atoms with van der Waals surface area (Å²) in [6, 6.07) is 4.76. The largest absolute Gasteiger partial charge is 0.493 e.